The molecule has 106 valence electrons. The lowest BCUT2D eigenvalue weighted by molar-refractivity contribution is 0.323. The minimum absolute atomic E-state index is 0.385. The summed E-state index contributed by atoms with van der Waals surface area (Å²) in [4.78, 5) is 0. The Bertz CT molecular complexity index is 618. The zero-order valence-electron chi connectivity index (χ0n) is 11.0. The average Bonchev–Trinajstić information content (AvgIpc) is 2.82. The molecule has 0 aliphatic heterocycles. The molecule has 2 aromatic rings. The van der Waals surface area contributed by atoms with Crippen LogP contribution in [0.4, 0.5) is 5.82 Å². The molecule has 1 heterocycles. The average molecular weight is 311 g/mol. The van der Waals surface area contributed by atoms with Gasteiger partial charge in [0.15, 0.2) is 5.82 Å². The van der Waals surface area contributed by atoms with Gasteiger partial charge in [0.25, 0.3) is 0 Å². The van der Waals surface area contributed by atoms with E-state index in [-0.39, 0.29) is 0 Å². The van der Waals surface area contributed by atoms with E-state index in [4.69, 9.17) is 33.5 Å². The summed E-state index contributed by atoms with van der Waals surface area (Å²) in [6, 6.07) is 5.40. The molecular weight excluding hydrogens is 295 g/mol. The third-order valence-electron chi connectivity index (χ3n) is 3.92. The van der Waals surface area contributed by atoms with Crippen LogP contribution in [-0.2, 0) is 0 Å². The van der Waals surface area contributed by atoms with Crippen LogP contribution in [-0.4, -0.2) is 5.16 Å². The Morgan fingerprint density at radius 2 is 1.90 bits per heavy atom. The van der Waals surface area contributed by atoms with Gasteiger partial charge >= 0.3 is 0 Å². The lowest BCUT2D eigenvalue weighted by Crippen LogP contribution is -2.05. The molecule has 0 bridgehead atoms. The second-order valence-electron chi connectivity index (χ2n) is 5.27. The fraction of sp³-hybridized carbons (Fsp3) is 0.400. The molecule has 1 fully saturated rings. The van der Waals surface area contributed by atoms with Gasteiger partial charge in [-0.15, -0.1) is 0 Å². The van der Waals surface area contributed by atoms with E-state index in [1.54, 1.807) is 12.1 Å². The lowest BCUT2D eigenvalue weighted by atomic mass is 9.85. The number of nitrogens with zero attached hydrogens (tertiary/aromatic N) is 1. The first-order chi connectivity index (χ1) is 9.66. The van der Waals surface area contributed by atoms with Crippen molar-refractivity contribution < 1.29 is 4.52 Å². The Morgan fingerprint density at radius 3 is 2.60 bits per heavy atom. The fourth-order valence-electron chi connectivity index (χ4n) is 2.92. The maximum Gasteiger partial charge on any atom is 0.175 e. The first-order valence-corrected chi connectivity index (χ1v) is 7.63. The summed E-state index contributed by atoms with van der Waals surface area (Å²) in [5.41, 5.74) is 7.67. The predicted molar refractivity (Wildman–Crippen MR) is 82.2 cm³/mol. The summed E-state index contributed by atoms with van der Waals surface area (Å²) < 4.78 is 5.51. The normalized spacial score (nSPS) is 16.5. The van der Waals surface area contributed by atoms with Crippen molar-refractivity contribution in [2.45, 2.75) is 38.0 Å². The predicted octanol–water partition coefficient (Wildman–Crippen LogP) is 5.28. The van der Waals surface area contributed by atoms with Crippen molar-refractivity contribution in [3.05, 3.63) is 34.0 Å². The quantitative estimate of drug-likeness (QED) is 0.821. The summed E-state index contributed by atoms with van der Waals surface area (Å²) in [5.74, 6) is 1.65. The van der Waals surface area contributed by atoms with Crippen molar-refractivity contribution in [3.63, 3.8) is 0 Å². The van der Waals surface area contributed by atoms with Gasteiger partial charge in [-0.3, -0.25) is 0 Å². The van der Waals surface area contributed by atoms with Gasteiger partial charge in [0, 0.05) is 16.5 Å². The molecule has 3 rings (SSSR count). The summed E-state index contributed by atoms with van der Waals surface area (Å²) in [7, 11) is 0. The Balaban J connectivity index is 2.06. The molecule has 0 radical (unpaired) electrons. The molecule has 0 amide bonds. The fourth-order valence-corrected chi connectivity index (χ4v) is 3.43. The summed E-state index contributed by atoms with van der Waals surface area (Å²) in [5, 5.41) is 5.12. The highest BCUT2D eigenvalue weighted by Crippen LogP contribution is 2.43. The number of nitrogens with two attached hydrogens (primary N) is 1. The van der Waals surface area contributed by atoms with Crippen LogP contribution in [0.2, 0.25) is 10.0 Å². The third-order valence-corrected chi connectivity index (χ3v) is 4.47. The molecule has 2 N–H and O–H groups in total. The minimum Gasteiger partial charge on any atom is -0.380 e. The molecule has 0 saturated heterocycles. The molecule has 0 atom stereocenters. The van der Waals surface area contributed by atoms with E-state index in [1.807, 2.05) is 6.07 Å². The van der Waals surface area contributed by atoms with Gasteiger partial charge < -0.3 is 10.3 Å². The molecule has 0 spiro atoms. The number of nitrogen functional groups attached to an aromatic ring is 1. The number of aromatic nitrogens is 1. The van der Waals surface area contributed by atoms with E-state index in [1.165, 1.54) is 19.3 Å². The van der Waals surface area contributed by atoms with Crippen molar-refractivity contribution in [1.29, 1.82) is 0 Å². The molecule has 1 saturated carbocycles. The number of rotatable bonds is 2. The molecular formula is C15H16Cl2N2O. The van der Waals surface area contributed by atoms with E-state index < -0.39 is 0 Å². The Hall–Kier alpha value is -1.19. The first-order valence-electron chi connectivity index (χ1n) is 6.87. The first kappa shape index (κ1) is 13.8. The van der Waals surface area contributed by atoms with Crippen LogP contribution >= 0.6 is 23.2 Å². The number of anilines is 1. The topological polar surface area (TPSA) is 52.0 Å². The zero-order valence-corrected chi connectivity index (χ0v) is 12.5. The monoisotopic (exact) mass is 310 g/mol. The second kappa shape index (κ2) is 5.66. The van der Waals surface area contributed by atoms with Crippen LogP contribution in [0.15, 0.2) is 22.7 Å². The van der Waals surface area contributed by atoms with E-state index in [0.717, 1.165) is 29.7 Å². The second-order valence-corrected chi connectivity index (χ2v) is 6.11. The largest absolute Gasteiger partial charge is 0.380 e. The van der Waals surface area contributed by atoms with Crippen LogP contribution < -0.4 is 5.73 Å². The van der Waals surface area contributed by atoms with Crippen LogP contribution in [0.1, 0.15) is 43.8 Å². The maximum atomic E-state index is 6.29. The van der Waals surface area contributed by atoms with Crippen molar-refractivity contribution in [2.24, 2.45) is 0 Å². The molecule has 1 aromatic heterocycles. The highest BCUT2D eigenvalue weighted by atomic mass is 35.5. The van der Waals surface area contributed by atoms with Crippen molar-refractivity contribution in [1.82, 2.24) is 5.16 Å². The van der Waals surface area contributed by atoms with E-state index in [2.05, 4.69) is 5.16 Å². The van der Waals surface area contributed by atoms with Gasteiger partial charge in [-0.05, 0) is 25.0 Å². The third kappa shape index (κ3) is 2.52. The SMILES string of the molecule is Nc1noc(C2CCCCC2)c1-c1ccc(Cl)cc1Cl. The summed E-state index contributed by atoms with van der Waals surface area (Å²) in [6.07, 6.45) is 5.97. The van der Waals surface area contributed by atoms with E-state index in [0.29, 0.717) is 21.8 Å². The minimum atomic E-state index is 0.385. The summed E-state index contributed by atoms with van der Waals surface area (Å²) >= 11 is 12.2. The van der Waals surface area contributed by atoms with E-state index in [9.17, 15) is 0 Å². The number of hydrogen-bond acceptors (Lipinski definition) is 3. The lowest BCUT2D eigenvalue weighted by Gasteiger charge is -2.20. The molecule has 0 unspecified atom stereocenters. The van der Waals surface area contributed by atoms with E-state index >= 15 is 0 Å². The maximum absolute atomic E-state index is 6.29. The molecule has 5 heteroatoms. The molecule has 1 aliphatic rings. The molecule has 1 aliphatic carbocycles. The van der Waals surface area contributed by atoms with Crippen molar-refractivity contribution >= 4 is 29.0 Å². The highest BCUT2D eigenvalue weighted by molar-refractivity contribution is 6.36. The Labute approximate surface area is 128 Å². The van der Waals surface area contributed by atoms with Crippen LogP contribution in [0.25, 0.3) is 11.1 Å². The number of benzene rings is 1. The molecule has 20 heavy (non-hydrogen) atoms. The van der Waals surface area contributed by atoms with Crippen LogP contribution in [0.3, 0.4) is 0 Å². The van der Waals surface area contributed by atoms with Crippen molar-refractivity contribution in [3.8, 4) is 11.1 Å². The van der Waals surface area contributed by atoms with Gasteiger partial charge in [0.05, 0.1) is 10.6 Å². The van der Waals surface area contributed by atoms with Gasteiger partial charge in [-0.25, -0.2) is 0 Å². The number of halogens is 2. The van der Waals surface area contributed by atoms with Gasteiger partial charge in [0.1, 0.15) is 5.76 Å². The van der Waals surface area contributed by atoms with Crippen molar-refractivity contribution in [2.75, 3.05) is 5.73 Å². The van der Waals surface area contributed by atoms with Crippen LogP contribution in [0, 0.1) is 0 Å². The number of hydrogen-bond donors (Lipinski definition) is 1. The standard InChI is InChI=1S/C15H16Cl2N2O/c16-10-6-7-11(12(17)8-10)13-14(20-19-15(13)18)9-4-2-1-3-5-9/h6-9H,1-5H2,(H2,18,19). The van der Waals surface area contributed by atoms with Gasteiger partial charge in [-0.1, -0.05) is 53.7 Å². The molecule has 1 aromatic carbocycles. The highest BCUT2D eigenvalue weighted by Gasteiger charge is 2.26. The Kier molecular flexibility index (Phi) is 3.90. The Morgan fingerprint density at radius 1 is 1.15 bits per heavy atom. The summed E-state index contributed by atoms with van der Waals surface area (Å²) in [6.45, 7) is 0. The van der Waals surface area contributed by atoms with Crippen LogP contribution in [0.5, 0.6) is 0 Å². The zero-order chi connectivity index (χ0) is 14.1. The van der Waals surface area contributed by atoms with Gasteiger partial charge in [0.2, 0.25) is 0 Å². The van der Waals surface area contributed by atoms with Gasteiger partial charge in [-0.2, -0.15) is 0 Å². The smallest absolute Gasteiger partial charge is 0.175 e. The molecule has 3 nitrogen and oxygen atoms in total.